The molecule has 0 spiro atoms. The third-order valence-corrected chi connectivity index (χ3v) is 16.7. The van der Waals surface area contributed by atoms with Crippen molar-refractivity contribution < 1.29 is 56.0 Å². The number of amides is 8. The maximum Gasteiger partial charge on any atom is 0.266 e. The first-order chi connectivity index (χ1) is 45.6. The van der Waals surface area contributed by atoms with E-state index < -0.39 is 47.3 Å². The Labute approximate surface area is 527 Å². The Balaban J connectivity index is 0.680. The highest BCUT2D eigenvalue weighted by molar-refractivity contribution is 6.38. The van der Waals surface area contributed by atoms with Gasteiger partial charge in [0.05, 0.1) is 67.3 Å². The largest absolute Gasteiger partial charge is 0.436 e. The SMILES string of the molecule is C#Cc1ccc2c(c1)C(=O)N(c1cc(-c3nc4cc5oc(-c6cccc(-c7nc8cc9oc(-c%10cc(N%11C(=O)c%12ccc(C#C)cc%12C%11=O)cc(N%11C(=O)c%12ccc(C#C)cc%12C%11=O)c%10)nc9cc8o7)c6)nc5cc4o3)cc(N3C(=O)c4ccc(C#C)cc4C3=O)c1)C2=O. The van der Waals surface area contributed by atoms with Gasteiger partial charge < -0.3 is 17.7 Å². The molecule has 8 heterocycles. The van der Waals surface area contributed by atoms with Gasteiger partial charge in [0.15, 0.2) is 22.3 Å². The molecular formula is C74H30N8O12. The molecule has 0 aliphatic carbocycles. The predicted octanol–water partition coefficient (Wildman–Crippen LogP) is 12.0. The van der Waals surface area contributed by atoms with E-state index in [1.165, 1.54) is 84.9 Å². The van der Waals surface area contributed by atoms with Gasteiger partial charge in [0, 0.05) is 68.8 Å². The minimum atomic E-state index is -0.678. The summed E-state index contributed by atoms with van der Waals surface area (Å²) >= 11 is 0. The number of carbonyl (C=O) groups excluding carboxylic acids is 8. The van der Waals surface area contributed by atoms with E-state index in [2.05, 4.69) is 23.7 Å². The van der Waals surface area contributed by atoms with Crippen LogP contribution in [0.5, 0.6) is 0 Å². The first kappa shape index (κ1) is 53.9. The fraction of sp³-hybridized carbons (Fsp3) is 0. The fourth-order valence-corrected chi connectivity index (χ4v) is 12.2. The third kappa shape index (κ3) is 7.95. The number of benzene rings is 9. The van der Waals surface area contributed by atoms with Crippen molar-refractivity contribution in [3.8, 4) is 95.2 Å². The lowest BCUT2D eigenvalue weighted by molar-refractivity contribution is 0.0908. The second-order valence-electron chi connectivity index (χ2n) is 22.1. The minimum Gasteiger partial charge on any atom is -0.436 e. The van der Waals surface area contributed by atoms with Gasteiger partial charge in [0.25, 0.3) is 47.3 Å². The van der Waals surface area contributed by atoms with Crippen LogP contribution in [0.2, 0.25) is 0 Å². The smallest absolute Gasteiger partial charge is 0.266 e. The second kappa shape index (κ2) is 19.6. The number of oxazole rings is 4. The number of anilines is 4. The summed E-state index contributed by atoms with van der Waals surface area (Å²) in [5, 5.41) is 0. The average molecular weight is 1220 g/mol. The van der Waals surface area contributed by atoms with Crippen LogP contribution in [0.1, 0.15) is 105 Å². The van der Waals surface area contributed by atoms with E-state index in [0.717, 1.165) is 19.6 Å². The van der Waals surface area contributed by atoms with Crippen molar-refractivity contribution in [2.75, 3.05) is 19.6 Å². The molecule has 13 aromatic rings. The number of terminal acetylenes is 4. The van der Waals surface area contributed by atoms with Crippen molar-refractivity contribution in [1.29, 1.82) is 0 Å². The van der Waals surface area contributed by atoms with Crippen molar-refractivity contribution in [3.05, 3.63) is 224 Å². The molecule has 4 aliphatic rings. The van der Waals surface area contributed by atoms with Crippen LogP contribution in [0, 0.1) is 49.4 Å². The molecule has 0 unspecified atom stereocenters. The summed E-state index contributed by atoms with van der Waals surface area (Å²) < 4.78 is 25.4. The van der Waals surface area contributed by atoms with Gasteiger partial charge in [0.2, 0.25) is 23.6 Å². The Morgan fingerprint density at radius 3 is 0.766 bits per heavy atom. The van der Waals surface area contributed by atoms with E-state index in [9.17, 15) is 38.4 Å². The fourth-order valence-electron chi connectivity index (χ4n) is 12.2. The number of hydrogen-bond acceptors (Lipinski definition) is 16. The molecule has 8 amide bonds. The molecule has 4 aliphatic heterocycles. The van der Waals surface area contributed by atoms with E-state index in [4.69, 9.17) is 63.3 Å². The van der Waals surface area contributed by atoms with Crippen molar-refractivity contribution in [2.24, 2.45) is 0 Å². The minimum absolute atomic E-state index is 0.00285. The first-order valence-electron chi connectivity index (χ1n) is 28.4. The number of nitrogens with zero attached hydrogens (tertiary/aromatic N) is 8. The Bertz CT molecular complexity index is 5360. The Hall–Kier alpha value is -14.3. The van der Waals surface area contributed by atoms with E-state index >= 15 is 0 Å². The number of hydrogen-bond donors (Lipinski definition) is 0. The lowest BCUT2D eigenvalue weighted by Crippen LogP contribution is -2.32. The number of carbonyl (C=O) groups is 8. The molecule has 0 atom stereocenters. The van der Waals surface area contributed by atoms with Crippen LogP contribution in [0.4, 0.5) is 22.7 Å². The van der Waals surface area contributed by atoms with E-state index in [1.54, 1.807) is 72.8 Å². The zero-order chi connectivity index (χ0) is 64.3. The third-order valence-electron chi connectivity index (χ3n) is 16.7. The lowest BCUT2D eigenvalue weighted by atomic mass is 10.1. The summed E-state index contributed by atoms with van der Waals surface area (Å²) in [4.78, 5) is 135. The summed E-state index contributed by atoms with van der Waals surface area (Å²) in [6.45, 7) is 0. The van der Waals surface area contributed by atoms with Crippen LogP contribution in [0.3, 0.4) is 0 Å². The van der Waals surface area contributed by atoms with E-state index in [-0.39, 0.29) is 113 Å². The zero-order valence-electron chi connectivity index (χ0n) is 47.8. The quantitative estimate of drug-likeness (QED) is 0.101. The van der Waals surface area contributed by atoms with Crippen molar-refractivity contribution in [2.45, 2.75) is 0 Å². The highest BCUT2D eigenvalue weighted by Gasteiger charge is 2.43. The highest BCUT2D eigenvalue weighted by Crippen LogP contribution is 2.43. The molecule has 0 radical (unpaired) electrons. The molecule has 0 saturated carbocycles. The monoisotopic (exact) mass is 1220 g/mol. The molecule has 94 heavy (non-hydrogen) atoms. The maximum atomic E-state index is 14.0. The van der Waals surface area contributed by atoms with Crippen LogP contribution in [-0.2, 0) is 0 Å². The van der Waals surface area contributed by atoms with Crippen LogP contribution >= 0.6 is 0 Å². The molecule has 0 N–H and O–H groups in total. The van der Waals surface area contributed by atoms with Gasteiger partial charge in [-0.1, -0.05) is 29.7 Å². The van der Waals surface area contributed by atoms with Gasteiger partial charge >= 0.3 is 0 Å². The van der Waals surface area contributed by atoms with E-state index in [1.807, 2.05) is 0 Å². The average Bonchev–Trinajstić information content (AvgIpc) is 1.67. The molecule has 438 valence electrons. The molecule has 0 bridgehead atoms. The van der Waals surface area contributed by atoms with Gasteiger partial charge in [-0.05, 0) is 127 Å². The molecule has 20 nitrogen and oxygen atoms in total. The standard InChI is InChI=1S/C74H30N8O12/c1-5-35-12-16-47-51(20-35)71(87)79(67(47)83)43-25-41(26-44(29-43)80-68(84)48-17-13-36(6-2)21-52(48)72(80)88)65-77-57-33-59-55(31-61(57)93-65)75-63(91-59)39-10-9-11-40(24-39)64-76-56-32-62-58(34-60(56)92-64)78-66(94-62)42-27-45(81-69(85)49-18-14-37(7-3)22-53(49)73(81)89)30-46(28-42)82-70(86)50-19-15-38(8-4)23-54(50)74(82)90/h1-4,9-34H. The van der Waals surface area contributed by atoms with Gasteiger partial charge in [-0.2, -0.15) is 0 Å². The van der Waals surface area contributed by atoms with Crippen LogP contribution in [0.15, 0.2) is 175 Å². The molecule has 20 heteroatoms. The summed E-state index contributed by atoms with van der Waals surface area (Å²) in [5.74, 6) is 5.04. The van der Waals surface area contributed by atoms with Crippen molar-refractivity contribution >= 4 is 114 Å². The topological polar surface area (TPSA) is 254 Å². The lowest BCUT2D eigenvalue weighted by Gasteiger charge is -2.20. The summed E-state index contributed by atoms with van der Waals surface area (Å²) in [6.07, 6.45) is 22.5. The second-order valence-corrected chi connectivity index (χ2v) is 22.1. The molecular weight excluding hydrogens is 1190 g/mol. The van der Waals surface area contributed by atoms with Gasteiger partial charge in [-0.3, -0.25) is 38.4 Å². The predicted molar refractivity (Wildman–Crippen MR) is 341 cm³/mol. The van der Waals surface area contributed by atoms with Gasteiger partial charge in [-0.15, -0.1) is 25.7 Å². The Kier molecular flexibility index (Phi) is 11.2. The molecule has 9 aromatic carbocycles. The van der Waals surface area contributed by atoms with Crippen LogP contribution in [-0.4, -0.2) is 67.2 Å². The molecule has 0 saturated heterocycles. The summed E-state index contributed by atoms with van der Waals surface area (Å²) in [6, 6.07) is 40.2. The molecule has 17 rings (SSSR count). The number of rotatable bonds is 8. The van der Waals surface area contributed by atoms with E-state index in [0.29, 0.717) is 66.6 Å². The number of fused-ring (bicyclic) bond motifs is 8. The van der Waals surface area contributed by atoms with Crippen molar-refractivity contribution in [1.82, 2.24) is 19.9 Å². The van der Waals surface area contributed by atoms with Gasteiger partial charge in [0.1, 0.15) is 22.1 Å². The summed E-state index contributed by atoms with van der Waals surface area (Å²) in [5.41, 5.74) is 6.51. The zero-order valence-corrected chi connectivity index (χ0v) is 47.8. The van der Waals surface area contributed by atoms with Crippen LogP contribution in [0.25, 0.3) is 90.2 Å². The number of aromatic nitrogens is 4. The first-order valence-corrected chi connectivity index (χ1v) is 28.4. The highest BCUT2D eigenvalue weighted by atomic mass is 16.4. The van der Waals surface area contributed by atoms with Crippen LogP contribution < -0.4 is 19.6 Å². The van der Waals surface area contributed by atoms with Gasteiger partial charge in [-0.25, -0.2) is 39.5 Å². The maximum absolute atomic E-state index is 14.0. The summed E-state index contributed by atoms with van der Waals surface area (Å²) in [7, 11) is 0. The van der Waals surface area contributed by atoms with Crippen molar-refractivity contribution in [3.63, 3.8) is 0 Å². The Morgan fingerprint density at radius 1 is 0.266 bits per heavy atom. The Morgan fingerprint density at radius 2 is 0.511 bits per heavy atom. The normalized spacial score (nSPS) is 14.0. The number of imide groups is 4. The molecule has 0 fully saturated rings. The molecule has 4 aromatic heterocycles.